The maximum Gasteiger partial charge on any atom is 0.164 e. The van der Waals surface area contributed by atoms with Gasteiger partial charge in [0.1, 0.15) is 0 Å². The molecular weight excluding hydrogens is 647 g/mol. The van der Waals surface area contributed by atoms with E-state index in [9.17, 15) is 0 Å². The van der Waals surface area contributed by atoms with Gasteiger partial charge in [-0.2, -0.15) is 0 Å². The number of benzene rings is 6. The van der Waals surface area contributed by atoms with Crippen LogP contribution in [0.5, 0.6) is 0 Å². The van der Waals surface area contributed by atoms with Gasteiger partial charge >= 0.3 is 0 Å². The van der Waals surface area contributed by atoms with Crippen LogP contribution in [0.4, 0.5) is 0 Å². The van der Waals surface area contributed by atoms with Crippen molar-refractivity contribution in [3.05, 3.63) is 163 Å². The zero-order chi connectivity index (χ0) is 34.9. The number of nitrogens with zero attached hydrogens (tertiary/aromatic N) is 5. The molecule has 2 unspecified atom stereocenters. The van der Waals surface area contributed by atoms with E-state index < -0.39 is 0 Å². The fourth-order valence-electron chi connectivity index (χ4n) is 9.47. The number of aromatic nitrogens is 5. The Balaban J connectivity index is 1.04. The van der Waals surface area contributed by atoms with E-state index >= 15 is 0 Å². The van der Waals surface area contributed by atoms with E-state index in [4.69, 9.17) is 24.9 Å². The minimum absolute atomic E-state index is 0.631. The summed E-state index contributed by atoms with van der Waals surface area (Å²) in [4.78, 5) is 25.4. The maximum atomic E-state index is 5.22. The SMILES string of the molecule is c1ccc(-c2nc(-c3ccc(C4C5CC6CC4C65)cc3)cc(-c3cccc4c(-c5nc(-c6ccccc6)nc(-c6ccccc6)n5)cccc34)n2)cc1. The first-order valence-corrected chi connectivity index (χ1v) is 18.7. The van der Waals surface area contributed by atoms with Gasteiger partial charge in [-0.15, -0.1) is 0 Å². The quantitative estimate of drug-likeness (QED) is 0.167. The predicted molar refractivity (Wildman–Crippen MR) is 211 cm³/mol. The summed E-state index contributed by atoms with van der Waals surface area (Å²) in [5, 5.41) is 2.12. The molecule has 2 atom stereocenters. The van der Waals surface area contributed by atoms with Gasteiger partial charge in [0, 0.05) is 33.4 Å². The minimum Gasteiger partial charge on any atom is -0.228 e. The van der Waals surface area contributed by atoms with Crippen molar-refractivity contribution in [1.29, 1.82) is 0 Å². The Bertz CT molecular complexity index is 2570. The summed E-state index contributed by atoms with van der Waals surface area (Å²) >= 11 is 0. The molecule has 0 N–H and O–H groups in total. The Morgan fingerprint density at radius 2 is 0.868 bits per heavy atom. The Morgan fingerprint density at radius 3 is 1.42 bits per heavy atom. The van der Waals surface area contributed by atoms with Crippen molar-refractivity contribution in [2.75, 3.05) is 0 Å². The van der Waals surface area contributed by atoms with Gasteiger partial charge in [0.05, 0.1) is 11.4 Å². The summed E-state index contributed by atoms with van der Waals surface area (Å²) in [5.74, 6) is 7.29. The average molecular weight is 682 g/mol. The molecule has 8 aromatic rings. The molecule has 3 fully saturated rings. The molecule has 11 rings (SSSR count). The van der Waals surface area contributed by atoms with Crippen LogP contribution in [0.3, 0.4) is 0 Å². The van der Waals surface area contributed by atoms with Crippen LogP contribution in [-0.4, -0.2) is 24.9 Å². The number of hydrogen-bond donors (Lipinski definition) is 0. The van der Waals surface area contributed by atoms with Gasteiger partial charge in [-0.1, -0.05) is 152 Å². The van der Waals surface area contributed by atoms with Crippen molar-refractivity contribution < 1.29 is 0 Å². The van der Waals surface area contributed by atoms with Crippen molar-refractivity contribution in [2.24, 2.45) is 23.7 Å². The molecule has 3 aliphatic rings. The molecule has 0 amide bonds. The summed E-state index contributed by atoms with van der Waals surface area (Å²) in [6.45, 7) is 0. The molecule has 3 aliphatic carbocycles. The van der Waals surface area contributed by atoms with Crippen LogP contribution in [0.2, 0.25) is 0 Å². The van der Waals surface area contributed by atoms with E-state index in [2.05, 4.69) is 78.9 Å². The van der Waals surface area contributed by atoms with Gasteiger partial charge in [0.2, 0.25) is 0 Å². The summed E-state index contributed by atoms with van der Waals surface area (Å²) in [7, 11) is 0. The zero-order valence-corrected chi connectivity index (χ0v) is 29.0. The number of fused-ring (bicyclic) bond motifs is 1. The fourth-order valence-corrected chi connectivity index (χ4v) is 9.47. The lowest BCUT2D eigenvalue weighted by atomic mass is 9.31. The molecular formula is C48H35N5. The number of hydrogen-bond acceptors (Lipinski definition) is 5. The highest BCUT2D eigenvalue weighted by Crippen LogP contribution is 2.75. The van der Waals surface area contributed by atoms with E-state index in [1.807, 2.05) is 78.9 Å². The molecule has 2 aromatic heterocycles. The van der Waals surface area contributed by atoms with Crippen LogP contribution < -0.4 is 0 Å². The molecule has 3 saturated carbocycles. The summed E-state index contributed by atoms with van der Waals surface area (Å²) in [6, 6.07) is 54.7. The van der Waals surface area contributed by atoms with Gasteiger partial charge in [0.15, 0.2) is 23.3 Å². The van der Waals surface area contributed by atoms with E-state index in [-0.39, 0.29) is 0 Å². The van der Waals surface area contributed by atoms with Crippen LogP contribution in [0.15, 0.2) is 158 Å². The monoisotopic (exact) mass is 681 g/mol. The average Bonchev–Trinajstić information content (AvgIpc) is 3.23. The molecule has 53 heavy (non-hydrogen) atoms. The number of rotatable bonds is 7. The highest BCUT2D eigenvalue weighted by molar-refractivity contribution is 6.03. The lowest BCUT2D eigenvalue weighted by Crippen LogP contribution is -2.65. The maximum absolute atomic E-state index is 5.22. The van der Waals surface area contributed by atoms with Gasteiger partial charge in [-0.3, -0.25) is 0 Å². The van der Waals surface area contributed by atoms with E-state index in [1.54, 1.807) is 0 Å². The molecule has 252 valence electrons. The molecule has 0 spiro atoms. The third-order valence-corrected chi connectivity index (χ3v) is 12.1. The summed E-state index contributed by atoms with van der Waals surface area (Å²) in [6.07, 6.45) is 2.87. The van der Waals surface area contributed by atoms with Crippen LogP contribution in [0, 0.1) is 23.7 Å². The Morgan fingerprint density at radius 1 is 0.377 bits per heavy atom. The Labute approximate surface area is 308 Å². The van der Waals surface area contributed by atoms with E-state index in [0.717, 1.165) is 85.1 Å². The van der Waals surface area contributed by atoms with Crippen molar-refractivity contribution >= 4 is 10.8 Å². The second kappa shape index (κ2) is 12.1. The predicted octanol–water partition coefficient (Wildman–Crippen LogP) is 11.2. The largest absolute Gasteiger partial charge is 0.228 e. The first-order valence-electron chi connectivity index (χ1n) is 18.7. The normalized spacial score (nSPS) is 20.9. The molecule has 0 bridgehead atoms. The van der Waals surface area contributed by atoms with Crippen molar-refractivity contribution in [3.8, 4) is 68.1 Å². The van der Waals surface area contributed by atoms with Gasteiger partial charge in [-0.25, -0.2) is 24.9 Å². The first-order chi connectivity index (χ1) is 26.2. The summed E-state index contributed by atoms with van der Waals surface area (Å²) in [5.41, 5.74) is 9.27. The van der Waals surface area contributed by atoms with Crippen molar-refractivity contribution in [3.63, 3.8) is 0 Å². The third kappa shape index (κ3) is 5.02. The molecule has 6 aromatic carbocycles. The highest BCUT2D eigenvalue weighted by Gasteiger charge is 2.67. The van der Waals surface area contributed by atoms with E-state index in [1.165, 1.54) is 18.4 Å². The van der Waals surface area contributed by atoms with Crippen LogP contribution >= 0.6 is 0 Å². The molecule has 2 heterocycles. The second-order valence-corrected chi connectivity index (χ2v) is 14.9. The zero-order valence-electron chi connectivity index (χ0n) is 29.0. The Hall–Kier alpha value is -6.33. The summed E-state index contributed by atoms with van der Waals surface area (Å²) < 4.78 is 0. The molecule has 5 nitrogen and oxygen atoms in total. The van der Waals surface area contributed by atoms with Crippen LogP contribution in [0.25, 0.3) is 78.8 Å². The minimum atomic E-state index is 0.631. The van der Waals surface area contributed by atoms with Crippen molar-refractivity contribution in [2.45, 2.75) is 18.8 Å². The lowest BCUT2D eigenvalue weighted by molar-refractivity contribution is -0.214. The van der Waals surface area contributed by atoms with Gasteiger partial charge < -0.3 is 0 Å². The smallest absolute Gasteiger partial charge is 0.164 e. The molecule has 5 heteroatoms. The van der Waals surface area contributed by atoms with Crippen molar-refractivity contribution in [1.82, 2.24) is 24.9 Å². The topological polar surface area (TPSA) is 64.5 Å². The van der Waals surface area contributed by atoms with Crippen LogP contribution in [-0.2, 0) is 0 Å². The molecule has 0 saturated heterocycles. The standard InChI is InChI=1S/C48H35N5/c1-4-12-31(13-5-1)45-49-41(29-22-24-30(25-23-29)43-39-26-34-27-40(43)44(34)39)28-42(50-45)37-20-10-19-36-35(37)18-11-21-38(36)48-52-46(32-14-6-2-7-15-32)51-47(53-48)33-16-8-3-9-17-33/h1-25,28,34,39-40,43-44H,26-27H2. The van der Waals surface area contributed by atoms with Crippen LogP contribution in [0.1, 0.15) is 24.3 Å². The van der Waals surface area contributed by atoms with Gasteiger partial charge in [0.25, 0.3) is 0 Å². The first kappa shape index (κ1) is 30.3. The fraction of sp³-hybridized carbons (Fsp3) is 0.146. The highest BCUT2D eigenvalue weighted by atomic mass is 15.0. The molecule has 0 aliphatic heterocycles. The Kier molecular flexibility index (Phi) is 6.94. The van der Waals surface area contributed by atoms with Gasteiger partial charge in [-0.05, 0) is 64.8 Å². The second-order valence-electron chi connectivity index (χ2n) is 14.9. The molecule has 0 radical (unpaired) electrons. The van der Waals surface area contributed by atoms with E-state index in [0.29, 0.717) is 23.3 Å². The third-order valence-electron chi connectivity index (χ3n) is 12.1. The lowest BCUT2D eigenvalue weighted by Gasteiger charge is -2.73.